The number of anilines is 8. The summed E-state index contributed by atoms with van der Waals surface area (Å²) < 4.78 is 9.89. The lowest BCUT2D eigenvalue weighted by Crippen LogP contribution is -2.27. The first-order valence-corrected chi connectivity index (χ1v) is 25.4. The molecular formula is C57H56Cl2N10O5. The number of rotatable bonds is 0. The maximum absolute atomic E-state index is 7.00. The molecule has 2 saturated heterocycles. The Labute approximate surface area is 439 Å². The fourth-order valence-electron chi connectivity index (χ4n) is 11.2. The third-order valence-electron chi connectivity index (χ3n) is 14.0. The van der Waals surface area contributed by atoms with E-state index in [1.165, 1.54) is 92.4 Å². The molecule has 16 bridgehead atoms. The normalized spacial score (nSPS) is 18.4. The second-order valence-corrected chi connectivity index (χ2v) is 18.7. The lowest BCUT2D eigenvalue weighted by molar-refractivity contribution is 0.198. The van der Waals surface area contributed by atoms with Gasteiger partial charge in [-0.2, -0.15) is 29.9 Å². The van der Waals surface area contributed by atoms with E-state index in [1.807, 2.05) is 0 Å². The lowest BCUT2D eigenvalue weighted by atomic mass is 9.61. The van der Waals surface area contributed by atoms with Crippen molar-refractivity contribution in [1.82, 2.24) is 29.9 Å². The molecule has 2 fully saturated rings. The van der Waals surface area contributed by atoms with E-state index in [0.29, 0.717) is 23.8 Å². The van der Waals surface area contributed by atoms with Crippen LogP contribution in [-0.4, -0.2) is 93.0 Å². The summed E-state index contributed by atoms with van der Waals surface area (Å²) in [4.78, 5) is 27.5. The molecule has 7 N–H and O–H groups in total. The number of halogens is 2. The van der Waals surface area contributed by atoms with E-state index in [9.17, 15) is 0 Å². The summed E-state index contributed by atoms with van der Waals surface area (Å²) >= 11 is 13.1. The fourth-order valence-corrected chi connectivity index (χ4v) is 11.5. The lowest BCUT2D eigenvalue weighted by Gasteiger charge is -2.42. The average Bonchev–Trinajstić information content (AvgIpc) is 4.24. The topological polar surface area (TPSA) is 205 Å². The third-order valence-corrected chi connectivity index (χ3v) is 14.3. The molecule has 0 atom stereocenters. The molecular weight excluding hydrogens is 976 g/mol. The molecule has 6 aromatic carbocycles. The van der Waals surface area contributed by atoms with Crippen LogP contribution in [0.1, 0.15) is 116 Å². The molecule has 378 valence electrons. The number of hydrogen-bond donors (Lipinski definition) is 7. The summed E-state index contributed by atoms with van der Waals surface area (Å²) in [7, 11) is 3.00. The van der Waals surface area contributed by atoms with Crippen molar-refractivity contribution in [2.75, 3.05) is 69.0 Å². The Kier molecular flexibility index (Phi) is 15.4. The van der Waals surface area contributed by atoms with Crippen LogP contribution < -0.4 is 21.3 Å². The van der Waals surface area contributed by atoms with Crippen molar-refractivity contribution in [3.63, 3.8) is 0 Å². The molecule has 0 amide bonds. The van der Waals surface area contributed by atoms with E-state index in [-0.39, 0.29) is 34.2 Å². The standard InChI is InChI=1S/C46H28Cl2N10.2C4H8O.3CH4O/c47-41-53-43-49-21-9-13-29-33(17-21)39-27-7-3-1-5-25(27)37(29)30-14-10-22(18-34(30)39)50-44-54-42(48)56-46(58-44)52-24-12-16-32-36(20-24)40-28-8-4-2-6-26(28)38(32)31-15-11-23(19-35(31)40)51-45(55-41)57-43;2*1-2-4-5-3-1;3*1-2/h1-20,37-40H,(H2,49,51,53,55,57)(H2,50,52,54,56,58);2*1-4H2;3*2H,1H3. The van der Waals surface area contributed by atoms with Gasteiger partial charge in [0.15, 0.2) is 0 Å². The highest BCUT2D eigenvalue weighted by molar-refractivity contribution is 6.28. The maximum Gasteiger partial charge on any atom is 0.233 e. The Hall–Kier alpha value is -7.08. The van der Waals surface area contributed by atoms with E-state index >= 15 is 0 Å². The van der Waals surface area contributed by atoms with E-state index in [2.05, 4.69) is 163 Å². The van der Waals surface area contributed by atoms with Gasteiger partial charge < -0.3 is 46.1 Å². The van der Waals surface area contributed by atoms with Crippen LogP contribution in [0.25, 0.3) is 0 Å². The Morgan fingerprint density at radius 1 is 0.338 bits per heavy atom. The van der Waals surface area contributed by atoms with Gasteiger partial charge in [0.25, 0.3) is 0 Å². The molecule has 6 aliphatic carbocycles. The van der Waals surface area contributed by atoms with Gasteiger partial charge in [0.1, 0.15) is 0 Å². The number of nitrogens with zero attached hydrogens (tertiary/aromatic N) is 6. The second-order valence-electron chi connectivity index (χ2n) is 18.0. The fraction of sp³-hybridized carbons (Fsp3) is 0.263. The molecule has 17 heteroatoms. The molecule has 0 unspecified atom stereocenters. The van der Waals surface area contributed by atoms with Crippen LogP contribution in [0.2, 0.25) is 10.6 Å². The van der Waals surface area contributed by atoms with E-state index in [0.717, 1.165) is 70.5 Å². The molecule has 0 spiro atoms. The molecule has 74 heavy (non-hydrogen) atoms. The van der Waals surface area contributed by atoms with Gasteiger partial charge in [-0.15, -0.1) is 0 Å². The first-order chi connectivity index (χ1) is 36.5. The number of ether oxygens (including phenoxy) is 2. The number of aliphatic hydroxyl groups is 3. The molecule has 17 rings (SSSR count). The van der Waals surface area contributed by atoms with Crippen LogP contribution >= 0.6 is 23.2 Å². The molecule has 9 aliphatic rings. The zero-order chi connectivity index (χ0) is 51.3. The summed E-state index contributed by atoms with van der Waals surface area (Å²) in [6, 6.07) is 43.5. The molecule has 0 saturated carbocycles. The molecule has 15 nitrogen and oxygen atoms in total. The van der Waals surface area contributed by atoms with Gasteiger partial charge in [-0.1, -0.05) is 72.8 Å². The Morgan fingerprint density at radius 3 is 0.797 bits per heavy atom. The quantitative estimate of drug-likeness (QED) is 0.0755. The average molecular weight is 1030 g/mol. The predicted octanol–water partition coefficient (Wildman–Crippen LogP) is 11.0. The van der Waals surface area contributed by atoms with Gasteiger partial charge in [-0.05, 0) is 164 Å². The summed E-state index contributed by atoms with van der Waals surface area (Å²) in [5, 5.41) is 34.9. The summed E-state index contributed by atoms with van der Waals surface area (Å²) in [6.45, 7) is 4.00. The molecule has 2 aromatic heterocycles. The van der Waals surface area contributed by atoms with Crippen LogP contribution in [-0.2, 0) is 9.47 Å². The van der Waals surface area contributed by atoms with Crippen molar-refractivity contribution in [3.8, 4) is 0 Å². The van der Waals surface area contributed by atoms with Crippen molar-refractivity contribution < 1.29 is 24.8 Å². The minimum Gasteiger partial charge on any atom is -0.400 e. The van der Waals surface area contributed by atoms with Crippen molar-refractivity contribution in [1.29, 1.82) is 0 Å². The van der Waals surface area contributed by atoms with Crippen LogP contribution in [0.5, 0.6) is 0 Å². The highest BCUT2D eigenvalue weighted by Crippen LogP contribution is 2.58. The number of benzene rings is 6. The van der Waals surface area contributed by atoms with Gasteiger partial charge in [0.05, 0.1) is 0 Å². The third kappa shape index (κ3) is 9.75. The number of nitrogens with one attached hydrogen (secondary N) is 4. The minimum atomic E-state index is -0.00582. The van der Waals surface area contributed by atoms with Crippen LogP contribution in [0.3, 0.4) is 0 Å². The Morgan fingerprint density at radius 2 is 0.568 bits per heavy atom. The van der Waals surface area contributed by atoms with Crippen molar-refractivity contribution in [3.05, 3.63) is 199 Å². The predicted molar refractivity (Wildman–Crippen MR) is 290 cm³/mol. The van der Waals surface area contributed by atoms with Crippen molar-refractivity contribution in [2.45, 2.75) is 49.4 Å². The van der Waals surface area contributed by atoms with Gasteiger partial charge in [-0.25, -0.2) is 0 Å². The monoisotopic (exact) mass is 1030 g/mol. The Bertz CT molecular complexity index is 2930. The van der Waals surface area contributed by atoms with Gasteiger partial charge >= 0.3 is 0 Å². The first-order valence-electron chi connectivity index (χ1n) is 24.6. The molecule has 0 radical (unpaired) electrons. The Balaban J connectivity index is 0.000000344. The van der Waals surface area contributed by atoms with E-state index in [4.69, 9.17) is 58.0 Å². The second kappa shape index (κ2) is 22.6. The number of aliphatic hydroxyl groups excluding tert-OH is 3. The largest absolute Gasteiger partial charge is 0.400 e. The smallest absolute Gasteiger partial charge is 0.233 e. The zero-order valence-corrected chi connectivity index (χ0v) is 42.6. The van der Waals surface area contributed by atoms with Crippen LogP contribution in [0.15, 0.2) is 121 Å². The highest BCUT2D eigenvalue weighted by atomic mass is 35.5. The van der Waals surface area contributed by atoms with Gasteiger partial charge in [0.2, 0.25) is 34.4 Å². The minimum absolute atomic E-state index is 0.00582. The van der Waals surface area contributed by atoms with Gasteiger partial charge in [-0.3, -0.25) is 0 Å². The molecule has 3 aliphatic heterocycles. The highest BCUT2D eigenvalue weighted by Gasteiger charge is 2.43. The number of aromatic nitrogens is 6. The maximum atomic E-state index is 7.00. The van der Waals surface area contributed by atoms with E-state index in [1.54, 1.807) is 0 Å². The molecule has 8 aromatic rings. The van der Waals surface area contributed by atoms with Crippen LogP contribution in [0.4, 0.5) is 46.5 Å². The van der Waals surface area contributed by atoms with E-state index < -0.39 is 0 Å². The number of hydrogen-bond acceptors (Lipinski definition) is 15. The summed E-state index contributed by atoms with van der Waals surface area (Å²) in [6.07, 6.45) is 5.11. The summed E-state index contributed by atoms with van der Waals surface area (Å²) in [5.74, 6) is 1.55. The van der Waals surface area contributed by atoms with Crippen molar-refractivity contribution >= 4 is 69.7 Å². The SMILES string of the molecule is C1CCOC1.C1CCOC1.CO.CO.CO.Clc1nc2nc(n1)Nc1ccc3c(c1)C1c4ccccc4C3c3ccc(cc31)Nc1nc(Cl)nc(n1)Nc1ccc3c(c1)C1c4ccccc4C3c3ccc(cc31)N2. The molecule has 5 heterocycles. The van der Waals surface area contributed by atoms with Crippen molar-refractivity contribution in [2.24, 2.45) is 0 Å². The van der Waals surface area contributed by atoms with Gasteiger partial charge in [0, 0.05) is 94.2 Å². The number of fused-ring (bicyclic) bond motifs is 8. The van der Waals surface area contributed by atoms with Crippen LogP contribution in [0, 0.1) is 0 Å². The zero-order valence-electron chi connectivity index (χ0n) is 41.1. The first kappa shape index (κ1) is 50.5. The summed E-state index contributed by atoms with van der Waals surface area (Å²) in [5.41, 5.74) is 18.6.